The second-order valence-corrected chi connectivity index (χ2v) is 5.47. The molecule has 4 nitrogen and oxygen atoms in total. The molecule has 1 rings (SSSR count). The highest BCUT2D eigenvalue weighted by molar-refractivity contribution is 6.20. The lowest BCUT2D eigenvalue weighted by molar-refractivity contribution is 0.308. The molecule has 0 aliphatic heterocycles. The Kier molecular flexibility index (Phi) is 5.22. The molecule has 0 fully saturated rings. The maximum absolute atomic E-state index is 5.95. The number of nitrogens with zero attached hydrogens (tertiary/aromatic N) is 4. The second kappa shape index (κ2) is 6.21. The lowest BCUT2D eigenvalue weighted by atomic mass is 10.2. The fourth-order valence-electron chi connectivity index (χ4n) is 1.64. The zero-order valence-corrected chi connectivity index (χ0v) is 11.3. The third-order valence-corrected chi connectivity index (χ3v) is 2.35. The molecule has 0 aromatic carbocycles. The average Bonchev–Trinajstić information content (AvgIpc) is 2.50. The van der Waals surface area contributed by atoms with Gasteiger partial charge in [-0.2, -0.15) is 5.10 Å². The van der Waals surface area contributed by atoms with Crippen molar-refractivity contribution in [1.82, 2.24) is 19.7 Å². The van der Waals surface area contributed by atoms with E-state index < -0.39 is 0 Å². The molecule has 0 N–H and O–H groups in total. The van der Waals surface area contributed by atoms with Crippen LogP contribution in [-0.2, 0) is 13.1 Å². The summed E-state index contributed by atoms with van der Waals surface area (Å²) in [6.07, 6.45) is 1.62. The van der Waals surface area contributed by atoms with Gasteiger partial charge in [0.15, 0.2) is 0 Å². The molecule has 0 bridgehead atoms. The van der Waals surface area contributed by atoms with Crippen molar-refractivity contribution in [3.05, 3.63) is 12.2 Å². The third-order valence-electron chi connectivity index (χ3n) is 2.21. The van der Waals surface area contributed by atoms with Gasteiger partial charge in [-0.05, 0) is 19.9 Å². The summed E-state index contributed by atoms with van der Waals surface area (Å²) < 4.78 is 1.97. The quantitative estimate of drug-likeness (QED) is 0.718. The Morgan fingerprint density at radius 1 is 1.44 bits per heavy atom. The number of alkyl halides is 1. The number of aromatic nitrogens is 3. The topological polar surface area (TPSA) is 34.0 Å². The van der Waals surface area contributed by atoms with E-state index in [2.05, 4.69) is 28.8 Å². The summed E-state index contributed by atoms with van der Waals surface area (Å²) in [4.78, 5) is 6.45. The van der Waals surface area contributed by atoms with E-state index in [0.717, 1.165) is 25.5 Å². The molecule has 1 atom stereocenters. The van der Waals surface area contributed by atoms with Crippen LogP contribution in [0.15, 0.2) is 6.33 Å². The van der Waals surface area contributed by atoms with Gasteiger partial charge in [0.1, 0.15) is 12.2 Å². The van der Waals surface area contributed by atoms with Crippen molar-refractivity contribution in [3.8, 4) is 0 Å². The summed E-state index contributed by atoms with van der Waals surface area (Å²) in [5.74, 6) is 1.59. The van der Waals surface area contributed by atoms with Crippen molar-refractivity contribution >= 4 is 11.6 Å². The molecule has 0 amide bonds. The van der Waals surface area contributed by atoms with Crippen LogP contribution in [0.5, 0.6) is 0 Å². The van der Waals surface area contributed by atoms with Gasteiger partial charge in [-0.3, -0.25) is 4.90 Å². The number of halogens is 1. The van der Waals surface area contributed by atoms with Crippen LogP contribution >= 0.6 is 11.6 Å². The predicted octanol–water partition coefficient (Wildman–Crippen LogP) is 1.99. The lowest BCUT2D eigenvalue weighted by Crippen LogP contribution is -2.26. The number of hydrogen-bond acceptors (Lipinski definition) is 3. The van der Waals surface area contributed by atoms with Crippen LogP contribution in [0.25, 0.3) is 0 Å². The van der Waals surface area contributed by atoms with Crippen LogP contribution in [-0.4, -0.2) is 38.6 Å². The first-order chi connectivity index (χ1) is 7.49. The Bertz CT molecular complexity index is 309. The third kappa shape index (κ3) is 4.49. The molecule has 1 aromatic heterocycles. The monoisotopic (exact) mass is 244 g/mol. The van der Waals surface area contributed by atoms with Crippen LogP contribution in [0.1, 0.15) is 26.6 Å². The smallest absolute Gasteiger partial charge is 0.141 e. The minimum absolute atomic E-state index is 0.159. The van der Waals surface area contributed by atoms with Gasteiger partial charge in [0.25, 0.3) is 0 Å². The summed E-state index contributed by atoms with van der Waals surface area (Å²) in [6, 6.07) is 0. The molecule has 16 heavy (non-hydrogen) atoms. The summed E-state index contributed by atoms with van der Waals surface area (Å²) in [7, 11) is 2.05. The molecule has 92 valence electrons. The molecule has 0 aliphatic rings. The SMILES string of the molecule is CC(C)Cn1ncnc1CN(C)CC(C)Cl. The number of hydrogen-bond donors (Lipinski definition) is 0. The van der Waals surface area contributed by atoms with Crippen LogP contribution in [0.3, 0.4) is 0 Å². The minimum atomic E-state index is 0.159. The van der Waals surface area contributed by atoms with E-state index in [1.54, 1.807) is 6.33 Å². The average molecular weight is 245 g/mol. The molecule has 1 heterocycles. The Hall–Kier alpha value is -0.610. The maximum atomic E-state index is 5.95. The molecule has 0 radical (unpaired) electrons. The molecule has 1 unspecified atom stereocenters. The molecular formula is C11H21ClN4. The van der Waals surface area contributed by atoms with Crippen molar-refractivity contribution in [2.45, 2.75) is 39.2 Å². The Balaban J connectivity index is 2.56. The molecule has 0 saturated carbocycles. The first-order valence-electron chi connectivity index (χ1n) is 5.68. The Labute approximate surface area is 103 Å². The van der Waals surface area contributed by atoms with Crippen LogP contribution in [0.2, 0.25) is 0 Å². The second-order valence-electron chi connectivity index (χ2n) is 4.73. The van der Waals surface area contributed by atoms with Crippen LogP contribution in [0.4, 0.5) is 0 Å². The van der Waals surface area contributed by atoms with Gasteiger partial charge in [0, 0.05) is 18.5 Å². The van der Waals surface area contributed by atoms with Gasteiger partial charge in [-0.25, -0.2) is 9.67 Å². The van der Waals surface area contributed by atoms with Crippen molar-refractivity contribution < 1.29 is 0 Å². The summed E-state index contributed by atoms with van der Waals surface area (Å²) in [6.45, 7) is 8.92. The van der Waals surface area contributed by atoms with Gasteiger partial charge >= 0.3 is 0 Å². The summed E-state index contributed by atoms with van der Waals surface area (Å²) >= 11 is 5.95. The summed E-state index contributed by atoms with van der Waals surface area (Å²) in [5, 5.41) is 4.39. The van der Waals surface area contributed by atoms with Crippen molar-refractivity contribution in [2.75, 3.05) is 13.6 Å². The molecular weight excluding hydrogens is 224 g/mol. The Morgan fingerprint density at radius 3 is 2.69 bits per heavy atom. The van der Waals surface area contributed by atoms with Crippen LogP contribution in [0, 0.1) is 5.92 Å². The number of rotatable bonds is 6. The van der Waals surface area contributed by atoms with E-state index >= 15 is 0 Å². The first kappa shape index (κ1) is 13.5. The molecule has 5 heteroatoms. The zero-order valence-electron chi connectivity index (χ0n) is 10.5. The predicted molar refractivity (Wildman–Crippen MR) is 66.5 cm³/mol. The highest BCUT2D eigenvalue weighted by atomic mass is 35.5. The first-order valence-corrected chi connectivity index (χ1v) is 6.12. The lowest BCUT2D eigenvalue weighted by Gasteiger charge is -2.18. The normalized spacial score (nSPS) is 13.7. The molecule has 0 saturated heterocycles. The molecule has 0 aliphatic carbocycles. The van der Waals surface area contributed by atoms with Gasteiger partial charge in [-0.1, -0.05) is 13.8 Å². The van der Waals surface area contributed by atoms with E-state index in [0.29, 0.717) is 5.92 Å². The fraction of sp³-hybridized carbons (Fsp3) is 0.818. The van der Waals surface area contributed by atoms with E-state index in [4.69, 9.17) is 11.6 Å². The molecule has 0 spiro atoms. The molecule has 1 aromatic rings. The van der Waals surface area contributed by atoms with E-state index in [1.165, 1.54) is 0 Å². The van der Waals surface area contributed by atoms with Crippen LogP contribution < -0.4 is 0 Å². The van der Waals surface area contributed by atoms with E-state index in [-0.39, 0.29) is 5.38 Å². The highest BCUT2D eigenvalue weighted by Crippen LogP contribution is 2.05. The van der Waals surface area contributed by atoms with Gasteiger partial charge in [-0.15, -0.1) is 11.6 Å². The Morgan fingerprint density at radius 2 is 2.12 bits per heavy atom. The van der Waals surface area contributed by atoms with Gasteiger partial charge in [0.05, 0.1) is 6.54 Å². The van der Waals surface area contributed by atoms with E-state index in [1.807, 2.05) is 18.7 Å². The maximum Gasteiger partial charge on any atom is 0.141 e. The fourth-order valence-corrected chi connectivity index (χ4v) is 1.88. The van der Waals surface area contributed by atoms with Crippen molar-refractivity contribution in [2.24, 2.45) is 5.92 Å². The highest BCUT2D eigenvalue weighted by Gasteiger charge is 2.10. The van der Waals surface area contributed by atoms with Gasteiger partial charge in [0.2, 0.25) is 0 Å². The van der Waals surface area contributed by atoms with E-state index in [9.17, 15) is 0 Å². The minimum Gasteiger partial charge on any atom is -0.298 e. The largest absolute Gasteiger partial charge is 0.298 e. The standard InChI is InChI=1S/C11H21ClN4/c1-9(2)5-16-11(13-8-14-16)7-15(4)6-10(3)12/h8-10H,5-7H2,1-4H3. The van der Waals surface area contributed by atoms with Gasteiger partial charge < -0.3 is 0 Å². The zero-order chi connectivity index (χ0) is 12.1. The summed E-state index contributed by atoms with van der Waals surface area (Å²) in [5.41, 5.74) is 0. The van der Waals surface area contributed by atoms with Crippen molar-refractivity contribution in [3.63, 3.8) is 0 Å². The van der Waals surface area contributed by atoms with Crippen molar-refractivity contribution in [1.29, 1.82) is 0 Å².